The predicted octanol–water partition coefficient (Wildman–Crippen LogP) is 3.15. The van der Waals surface area contributed by atoms with Crippen LogP contribution in [0.5, 0.6) is 0 Å². The van der Waals surface area contributed by atoms with Gasteiger partial charge < -0.3 is 24.8 Å². The molecular weight excluding hydrogens is 574 g/mol. The molecule has 194 valence electrons. The van der Waals surface area contributed by atoms with E-state index in [0.717, 1.165) is 6.42 Å². The van der Waals surface area contributed by atoms with Crippen molar-refractivity contribution in [3.8, 4) is 11.1 Å². The molecule has 0 unspecified atom stereocenters. The minimum Gasteiger partial charge on any atom is -1.00 e. The molecular formula is C33H38Cl2OZr. The van der Waals surface area contributed by atoms with Crippen LogP contribution in [0.3, 0.4) is 0 Å². The first-order valence-corrected chi connectivity index (χ1v) is 16.7. The average Bonchev–Trinajstić information content (AvgIpc) is 3.51. The molecule has 3 aromatic rings. The van der Waals surface area contributed by atoms with E-state index in [1.54, 1.807) is 17.6 Å². The fourth-order valence-electron chi connectivity index (χ4n) is 5.72. The van der Waals surface area contributed by atoms with Gasteiger partial charge in [0.15, 0.2) is 0 Å². The standard InChI is InChI=1S/C21H25.C9H7O.C3H6.2ClH.Zr/c1-20(2,3)16-7-9-18-14(12-16)11-15-13-17(21(4,5)6)8-10-19(15)18;1-2-4-8(3-1)9-5-6-10-7-9;1-3-2;;;/h7-13H,1-6H3;1,3,5-7H,2H2;1-2H3;2*1H;/q;;;;;+2/p-2. The van der Waals surface area contributed by atoms with Gasteiger partial charge in [-0.3, -0.25) is 0 Å². The Hall–Kier alpha value is -1.47. The molecule has 0 saturated heterocycles. The number of rotatable bonds is 3. The molecule has 37 heavy (non-hydrogen) atoms. The molecule has 1 heterocycles. The Morgan fingerprint density at radius 2 is 1.35 bits per heavy atom. The fraction of sp³-hybridized carbons (Fsp3) is 0.364. The average molecular weight is 613 g/mol. The van der Waals surface area contributed by atoms with Gasteiger partial charge in [-0.25, -0.2) is 0 Å². The Morgan fingerprint density at radius 1 is 0.811 bits per heavy atom. The number of benzene rings is 2. The van der Waals surface area contributed by atoms with E-state index in [4.69, 9.17) is 4.42 Å². The number of fused-ring (bicyclic) bond motifs is 3. The third kappa shape index (κ3) is 5.50. The summed E-state index contributed by atoms with van der Waals surface area (Å²) >= 11 is -2.33. The van der Waals surface area contributed by atoms with Crippen molar-refractivity contribution in [2.24, 2.45) is 0 Å². The minimum absolute atomic E-state index is 0. The normalized spacial score (nSPS) is 14.5. The third-order valence-electron chi connectivity index (χ3n) is 7.66. The number of hydrogen-bond donors (Lipinski definition) is 0. The van der Waals surface area contributed by atoms with Crippen LogP contribution in [0.15, 0.2) is 74.8 Å². The van der Waals surface area contributed by atoms with E-state index in [9.17, 15) is 0 Å². The van der Waals surface area contributed by atoms with Gasteiger partial charge in [0, 0.05) is 0 Å². The first kappa shape index (κ1) is 30.1. The molecule has 0 atom stereocenters. The van der Waals surface area contributed by atoms with Crippen LogP contribution in [-0.2, 0) is 32.1 Å². The molecule has 0 N–H and O–H groups in total. The molecule has 0 bridgehead atoms. The topological polar surface area (TPSA) is 13.1 Å². The van der Waals surface area contributed by atoms with Gasteiger partial charge in [0.2, 0.25) is 0 Å². The molecule has 5 rings (SSSR count). The van der Waals surface area contributed by atoms with Crippen LogP contribution in [0.1, 0.15) is 93.3 Å². The maximum absolute atomic E-state index is 5.51. The molecule has 2 aromatic carbocycles. The van der Waals surface area contributed by atoms with Crippen LogP contribution in [0.2, 0.25) is 0 Å². The second-order valence-corrected chi connectivity index (χ2v) is 19.9. The number of hydrogen-bond acceptors (Lipinski definition) is 1. The second kappa shape index (κ2) is 11.0. The van der Waals surface area contributed by atoms with Crippen molar-refractivity contribution in [3.63, 3.8) is 0 Å². The molecule has 1 nitrogen and oxygen atoms in total. The van der Waals surface area contributed by atoms with Crippen LogP contribution in [0.25, 0.3) is 16.7 Å². The molecule has 0 spiro atoms. The Balaban J connectivity index is 0.00000190. The van der Waals surface area contributed by atoms with Crippen molar-refractivity contribution in [1.29, 1.82) is 0 Å². The Bertz CT molecular complexity index is 1330. The maximum Gasteiger partial charge on any atom is -1.00 e. The van der Waals surface area contributed by atoms with Crippen LogP contribution < -0.4 is 24.8 Å². The molecule has 0 fully saturated rings. The van der Waals surface area contributed by atoms with Crippen LogP contribution in [0.4, 0.5) is 0 Å². The van der Waals surface area contributed by atoms with Crippen molar-refractivity contribution in [1.82, 2.24) is 0 Å². The summed E-state index contributed by atoms with van der Waals surface area (Å²) in [5.74, 6) is 0. The van der Waals surface area contributed by atoms with E-state index in [2.05, 4.69) is 110 Å². The van der Waals surface area contributed by atoms with Crippen LogP contribution in [-0.4, -0.2) is 3.21 Å². The van der Waals surface area contributed by atoms with Gasteiger partial charge in [-0.15, -0.1) is 0 Å². The summed E-state index contributed by atoms with van der Waals surface area (Å²) < 4.78 is 9.39. The summed E-state index contributed by atoms with van der Waals surface area (Å²) in [4.78, 5) is 0. The van der Waals surface area contributed by atoms with E-state index < -0.39 is 21.3 Å². The largest absolute Gasteiger partial charge is 1.00 e. The molecule has 0 saturated carbocycles. The van der Waals surface area contributed by atoms with Gasteiger partial charge in [0.1, 0.15) is 0 Å². The Labute approximate surface area is 243 Å². The SMILES string of the molecule is C[C](C)=[Zr+2]([C]1=C(c2ccoc2)C=CC1)[CH]1c2cc(C(C)(C)C)ccc2-c2ccc(C(C)(C)C)cc21.[Cl-].[Cl-]. The summed E-state index contributed by atoms with van der Waals surface area (Å²) in [5.41, 5.74) is 11.8. The van der Waals surface area contributed by atoms with Gasteiger partial charge in [-0.05, 0) is 0 Å². The van der Waals surface area contributed by atoms with Gasteiger partial charge in [-0.2, -0.15) is 0 Å². The predicted molar refractivity (Wildman–Crippen MR) is 147 cm³/mol. The summed E-state index contributed by atoms with van der Waals surface area (Å²) in [6.07, 6.45) is 9.53. The van der Waals surface area contributed by atoms with E-state index in [-0.39, 0.29) is 35.6 Å². The quantitative estimate of drug-likeness (QED) is 0.443. The fourth-order valence-corrected chi connectivity index (χ4v) is 14.3. The summed E-state index contributed by atoms with van der Waals surface area (Å²) in [7, 11) is 0. The van der Waals surface area contributed by atoms with Gasteiger partial charge in [0.25, 0.3) is 0 Å². The van der Waals surface area contributed by atoms with Gasteiger partial charge in [0.05, 0.1) is 0 Å². The second-order valence-electron chi connectivity index (χ2n) is 12.5. The van der Waals surface area contributed by atoms with Gasteiger partial charge in [-0.1, -0.05) is 0 Å². The zero-order valence-electron chi connectivity index (χ0n) is 23.3. The molecule has 0 radical (unpaired) electrons. The molecule has 0 aliphatic heterocycles. The zero-order valence-corrected chi connectivity index (χ0v) is 27.3. The number of allylic oxidation sites excluding steroid dienone is 4. The van der Waals surface area contributed by atoms with Crippen molar-refractivity contribution in [3.05, 3.63) is 98.2 Å². The van der Waals surface area contributed by atoms with E-state index >= 15 is 0 Å². The molecule has 4 heteroatoms. The monoisotopic (exact) mass is 610 g/mol. The first-order valence-electron chi connectivity index (χ1n) is 12.9. The molecule has 0 amide bonds. The summed E-state index contributed by atoms with van der Waals surface area (Å²) in [6.45, 7) is 18.8. The van der Waals surface area contributed by atoms with Crippen molar-refractivity contribution >= 4 is 8.78 Å². The Kier molecular flexibility index (Phi) is 8.91. The van der Waals surface area contributed by atoms with Crippen molar-refractivity contribution in [2.75, 3.05) is 0 Å². The first-order chi connectivity index (χ1) is 16.5. The van der Waals surface area contributed by atoms with E-state index in [1.165, 1.54) is 33.4 Å². The maximum atomic E-state index is 5.51. The van der Waals surface area contributed by atoms with Gasteiger partial charge >= 0.3 is 220 Å². The smallest absolute Gasteiger partial charge is 1.00 e. The third-order valence-corrected chi connectivity index (χ3v) is 16.0. The number of halogens is 2. The molecule has 1 aromatic heterocycles. The minimum atomic E-state index is -2.33. The van der Waals surface area contributed by atoms with Crippen LogP contribution >= 0.6 is 0 Å². The zero-order chi connectivity index (χ0) is 25.1. The van der Waals surface area contributed by atoms with Crippen molar-refractivity contribution < 1.29 is 50.5 Å². The van der Waals surface area contributed by atoms with Crippen molar-refractivity contribution in [2.45, 2.75) is 76.3 Å². The summed E-state index contributed by atoms with van der Waals surface area (Å²) in [6, 6.07) is 16.8. The Morgan fingerprint density at radius 3 is 1.78 bits per heavy atom. The van der Waals surface area contributed by atoms with E-state index in [1.807, 2.05) is 12.5 Å². The summed E-state index contributed by atoms with van der Waals surface area (Å²) in [5, 5.41) is 0. The molecule has 2 aliphatic rings. The molecule has 2 aliphatic carbocycles. The van der Waals surface area contributed by atoms with Crippen LogP contribution in [0, 0.1) is 0 Å². The van der Waals surface area contributed by atoms with E-state index in [0.29, 0.717) is 3.63 Å². The number of furan rings is 1.